The van der Waals surface area contributed by atoms with Crippen LogP contribution in [0.4, 0.5) is 17.1 Å². The monoisotopic (exact) mass is 785 g/mol. The summed E-state index contributed by atoms with van der Waals surface area (Å²) < 4.78 is 0. The number of para-hydroxylation sites is 1. The normalized spacial score (nSPS) is 13.0. The standard InChI is InChI=1S/C61H39N/c1-2-16-41(17-3-1)45-18-11-15-29-60(45)62(43-33-30-40(31-34-43)42-32-36-50-48-21-5-4-19-46(48)47-20-6-7-22-49(47)55(50)38-42)44-35-37-54-53-25-10-14-28-58(53)61(59(54)39-44)56-26-12-8-23-51(56)52-24-9-13-27-57(52)61/h1-39H. The molecule has 0 unspecified atom stereocenters. The maximum absolute atomic E-state index is 2.49. The second kappa shape index (κ2) is 13.5. The third-order valence-electron chi connectivity index (χ3n) is 13.7. The van der Waals surface area contributed by atoms with Crippen molar-refractivity contribution in [2.45, 2.75) is 5.41 Å². The zero-order valence-electron chi connectivity index (χ0n) is 34.0. The van der Waals surface area contributed by atoms with Gasteiger partial charge in [-0.05, 0) is 130 Å². The Labute approximate surface area is 361 Å². The fraction of sp³-hybridized carbons (Fsp3) is 0.0164. The van der Waals surface area contributed by atoms with Crippen molar-refractivity contribution in [3.8, 4) is 44.5 Å². The van der Waals surface area contributed by atoms with Crippen LogP contribution in [0.3, 0.4) is 0 Å². The molecule has 0 aliphatic heterocycles. The van der Waals surface area contributed by atoms with Crippen molar-refractivity contribution in [2.24, 2.45) is 0 Å². The van der Waals surface area contributed by atoms with E-state index in [1.165, 1.54) is 99.1 Å². The fourth-order valence-electron chi connectivity index (χ4n) is 11.1. The van der Waals surface area contributed by atoms with E-state index in [0.29, 0.717) is 0 Å². The summed E-state index contributed by atoms with van der Waals surface area (Å²) in [5.74, 6) is 0. The molecule has 2 aliphatic carbocycles. The van der Waals surface area contributed by atoms with Gasteiger partial charge in [0.15, 0.2) is 0 Å². The topological polar surface area (TPSA) is 3.24 Å². The Bertz CT molecular complexity index is 3480. The molecular weight excluding hydrogens is 747 g/mol. The predicted octanol–water partition coefficient (Wildman–Crippen LogP) is 16.3. The third kappa shape index (κ3) is 4.91. The predicted molar refractivity (Wildman–Crippen MR) is 261 cm³/mol. The highest BCUT2D eigenvalue weighted by Crippen LogP contribution is 2.63. The summed E-state index contributed by atoms with van der Waals surface area (Å²) in [4.78, 5) is 2.47. The molecule has 11 aromatic carbocycles. The molecule has 0 atom stereocenters. The van der Waals surface area contributed by atoms with E-state index >= 15 is 0 Å². The first-order valence-corrected chi connectivity index (χ1v) is 21.6. The van der Waals surface area contributed by atoms with Crippen LogP contribution >= 0.6 is 0 Å². The second-order valence-corrected chi connectivity index (χ2v) is 16.7. The highest BCUT2D eigenvalue weighted by molar-refractivity contribution is 6.25. The molecule has 288 valence electrons. The van der Waals surface area contributed by atoms with Gasteiger partial charge in [-0.15, -0.1) is 0 Å². The molecule has 1 nitrogen and oxygen atoms in total. The molecule has 2 aliphatic rings. The Hall–Kier alpha value is -8.00. The molecule has 0 heterocycles. The van der Waals surface area contributed by atoms with Gasteiger partial charge in [-0.2, -0.15) is 0 Å². The van der Waals surface area contributed by atoms with Crippen LogP contribution in [0.1, 0.15) is 22.3 Å². The highest BCUT2D eigenvalue weighted by Gasteiger charge is 2.51. The van der Waals surface area contributed by atoms with Crippen LogP contribution in [0.25, 0.3) is 76.8 Å². The van der Waals surface area contributed by atoms with E-state index in [1.807, 2.05) is 0 Å². The van der Waals surface area contributed by atoms with Crippen molar-refractivity contribution in [1.82, 2.24) is 0 Å². The van der Waals surface area contributed by atoms with E-state index < -0.39 is 5.41 Å². The number of anilines is 3. The lowest BCUT2D eigenvalue weighted by atomic mass is 9.70. The van der Waals surface area contributed by atoms with E-state index in [4.69, 9.17) is 0 Å². The smallest absolute Gasteiger partial charge is 0.0726 e. The van der Waals surface area contributed by atoms with Gasteiger partial charge >= 0.3 is 0 Å². The van der Waals surface area contributed by atoms with Crippen molar-refractivity contribution in [2.75, 3.05) is 4.90 Å². The first-order chi connectivity index (χ1) is 30.8. The lowest BCUT2D eigenvalue weighted by Gasteiger charge is -2.32. The summed E-state index contributed by atoms with van der Waals surface area (Å²) >= 11 is 0. The fourth-order valence-corrected chi connectivity index (χ4v) is 11.1. The molecule has 0 bridgehead atoms. The van der Waals surface area contributed by atoms with Crippen LogP contribution in [-0.4, -0.2) is 0 Å². The number of benzene rings is 11. The first kappa shape index (κ1) is 34.8. The van der Waals surface area contributed by atoms with Crippen LogP contribution in [0, 0.1) is 0 Å². The Morgan fingerprint density at radius 1 is 0.242 bits per heavy atom. The van der Waals surface area contributed by atoms with Crippen LogP contribution in [-0.2, 0) is 5.41 Å². The Kier molecular flexibility index (Phi) is 7.59. The average Bonchev–Trinajstić information content (AvgIpc) is 3.82. The van der Waals surface area contributed by atoms with Crippen molar-refractivity contribution in [3.63, 3.8) is 0 Å². The van der Waals surface area contributed by atoms with Gasteiger partial charge in [0.1, 0.15) is 0 Å². The van der Waals surface area contributed by atoms with Gasteiger partial charge in [-0.25, -0.2) is 0 Å². The number of fused-ring (bicyclic) bond motifs is 16. The minimum atomic E-state index is -0.435. The lowest BCUT2D eigenvalue weighted by Crippen LogP contribution is -2.26. The number of nitrogens with zero attached hydrogens (tertiary/aromatic N) is 1. The van der Waals surface area contributed by atoms with Gasteiger partial charge < -0.3 is 4.90 Å². The summed E-state index contributed by atoms with van der Waals surface area (Å²) in [5, 5.41) is 7.73. The molecule has 0 saturated carbocycles. The largest absolute Gasteiger partial charge is 0.310 e. The van der Waals surface area contributed by atoms with Crippen LogP contribution in [0.15, 0.2) is 237 Å². The number of hydrogen-bond donors (Lipinski definition) is 0. The van der Waals surface area contributed by atoms with Gasteiger partial charge in [-0.3, -0.25) is 0 Å². The molecule has 0 fully saturated rings. The average molecular weight is 786 g/mol. The Morgan fingerprint density at radius 2 is 0.677 bits per heavy atom. The van der Waals surface area contributed by atoms with E-state index in [2.05, 4.69) is 241 Å². The highest BCUT2D eigenvalue weighted by atomic mass is 15.1. The maximum atomic E-state index is 2.49. The molecule has 1 spiro atoms. The van der Waals surface area contributed by atoms with Gasteiger partial charge in [0.05, 0.1) is 11.1 Å². The number of hydrogen-bond acceptors (Lipinski definition) is 1. The molecule has 0 amide bonds. The summed E-state index contributed by atoms with van der Waals surface area (Å²) in [5.41, 5.74) is 18.3. The zero-order valence-corrected chi connectivity index (χ0v) is 34.0. The number of rotatable bonds is 5. The SMILES string of the molecule is c1ccc(-c2ccccc2N(c2ccc(-c3ccc4c5ccccc5c5ccccc5c4c3)cc2)c2ccc3c(c2)C2(c4ccccc4-c4ccccc42)c2ccccc2-3)cc1. The third-order valence-corrected chi connectivity index (χ3v) is 13.7. The Morgan fingerprint density at radius 3 is 1.27 bits per heavy atom. The lowest BCUT2D eigenvalue weighted by molar-refractivity contribution is 0.793. The molecule has 62 heavy (non-hydrogen) atoms. The molecular formula is C61H39N. The van der Waals surface area contributed by atoms with Crippen LogP contribution < -0.4 is 4.90 Å². The van der Waals surface area contributed by atoms with Crippen LogP contribution in [0.5, 0.6) is 0 Å². The van der Waals surface area contributed by atoms with Crippen molar-refractivity contribution >= 4 is 49.4 Å². The summed E-state index contributed by atoms with van der Waals surface area (Å²) in [6.45, 7) is 0. The maximum Gasteiger partial charge on any atom is 0.0726 e. The molecule has 0 aromatic heterocycles. The first-order valence-electron chi connectivity index (χ1n) is 21.6. The summed E-state index contributed by atoms with van der Waals surface area (Å²) in [6.07, 6.45) is 0. The minimum absolute atomic E-state index is 0.435. The minimum Gasteiger partial charge on any atom is -0.310 e. The van der Waals surface area contributed by atoms with Crippen molar-refractivity contribution in [1.29, 1.82) is 0 Å². The van der Waals surface area contributed by atoms with Crippen molar-refractivity contribution in [3.05, 3.63) is 259 Å². The zero-order chi connectivity index (χ0) is 40.8. The van der Waals surface area contributed by atoms with Gasteiger partial charge in [-0.1, -0.05) is 200 Å². The van der Waals surface area contributed by atoms with E-state index in [0.717, 1.165) is 17.1 Å². The van der Waals surface area contributed by atoms with E-state index in [9.17, 15) is 0 Å². The van der Waals surface area contributed by atoms with Gasteiger partial charge in [0, 0.05) is 16.9 Å². The summed E-state index contributed by atoms with van der Waals surface area (Å²) in [6, 6.07) is 87.8. The van der Waals surface area contributed by atoms with Crippen LogP contribution in [0.2, 0.25) is 0 Å². The molecule has 0 radical (unpaired) electrons. The molecule has 0 saturated heterocycles. The molecule has 0 N–H and O–H groups in total. The Balaban J connectivity index is 1.01. The van der Waals surface area contributed by atoms with Gasteiger partial charge in [0.25, 0.3) is 0 Å². The molecule has 11 aromatic rings. The van der Waals surface area contributed by atoms with E-state index in [-0.39, 0.29) is 0 Å². The summed E-state index contributed by atoms with van der Waals surface area (Å²) in [7, 11) is 0. The molecule has 13 rings (SSSR count). The van der Waals surface area contributed by atoms with Gasteiger partial charge in [0.2, 0.25) is 0 Å². The van der Waals surface area contributed by atoms with Crippen molar-refractivity contribution < 1.29 is 0 Å². The quantitative estimate of drug-likeness (QED) is 0.157. The van der Waals surface area contributed by atoms with E-state index in [1.54, 1.807) is 0 Å². The second-order valence-electron chi connectivity index (χ2n) is 16.7. The molecule has 1 heteroatoms.